The first kappa shape index (κ1) is 16.6. The molecule has 1 heterocycles. The minimum atomic E-state index is -0.0705. The Kier molecular flexibility index (Phi) is 6.65. The molecule has 1 aliphatic rings. The van der Waals surface area contributed by atoms with E-state index in [9.17, 15) is 0 Å². The van der Waals surface area contributed by atoms with Gasteiger partial charge in [0.15, 0.2) is 5.96 Å². The first-order chi connectivity index (χ1) is 9.24. The van der Waals surface area contributed by atoms with E-state index in [1.807, 2.05) is 31.2 Å². The summed E-state index contributed by atoms with van der Waals surface area (Å²) in [6, 6.07) is 7.88. The van der Waals surface area contributed by atoms with Gasteiger partial charge in [0, 0.05) is 12.0 Å². The van der Waals surface area contributed by atoms with E-state index in [2.05, 4.69) is 16.2 Å². The van der Waals surface area contributed by atoms with Gasteiger partial charge in [-0.2, -0.15) is 0 Å². The highest BCUT2D eigenvalue weighted by Crippen LogP contribution is 2.33. The van der Waals surface area contributed by atoms with Crippen LogP contribution in [0.15, 0.2) is 29.3 Å². The van der Waals surface area contributed by atoms with E-state index in [1.54, 1.807) is 0 Å². The number of hydrogen-bond donors (Lipinski definition) is 2. The van der Waals surface area contributed by atoms with Crippen LogP contribution in [0.3, 0.4) is 0 Å². The molecule has 20 heavy (non-hydrogen) atoms. The summed E-state index contributed by atoms with van der Waals surface area (Å²) in [7, 11) is 0. The van der Waals surface area contributed by atoms with Crippen molar-refractivity contribution in [3.05, 3.63) is 29.8 Å². The Bertz CT molecular complexity index is 510. The number of ether oxygens (including phenoxy) is 1. The van der Waals surface area contributed by atoms with Gasteiger partial charge >= 0.3 is 0 Å². The molecule has 0 spiro atoms. The minimum Gasteiger partial charge on any atom is -0.493 e. The quantitative estimate of drug-likeness (QED) is 0.364. The zero-order chi connectivity index (χ0) is 13.7. The Morgan fingerprint density at radius 3 is 3.05 bits per heavy atom. The SMILES string of the molecule is C#CC(CC)NC(N)=NC1CCOc2ccccc21.I. The van der Waals surface area contributed by atoms with E-state index in [1.165, 1.54) is 0 Å². The van der Waals surface area contributed by atoms with E-state index in [4.69, 9.17) is 16.9 Å². The van der Waals surface area contributed by atoms with E-state index in [-0.39, 0.29) is 36.1 Å². The molecule has 2 unspecified atom stereocenters. The van der Waals surface area contributed by atoms with E-state index >= 15 is 0 Å². The van der Waals surface area contributed by atoms with Crippen molar-refractivity contribution < 1.29 is 4.74 Å². The third-order valence-electron chi connectivity index (χ3n) is 3.15. The summed E-state index contributed by atoms with van der Waals surface area (Å²) >= 11 is 0. The minimum absolute atomic E-state index is 0. The fourth-order valence-electron chi connectivity index (χ4n) is 2.10. The summed E-state index contributed by atoms with van der Waals surface area (Å²) in [6.45, 7) is 2.67. The van der Waals surface area contributed by atoms with Crippen molar-refractivity contribution in [3.63, 3.8) is 0 Å². The lowest BCUT2D eigenvalue weighted by Gasteiger charge is -2.23. The molecule has 1 aromatic carbocycles. The van der Waals surface area contributed by atoms with Crippen molar-refractivity contribution in [3.8, 4) is 18.1 Å². The van der Waals surface area contributed by atoms with Gasteiger partial charge in [0.25, 0.3) is 0 Å². The zero-order valence-electron chi connectivity index (χ0n) is 11.5. The van der Waals surface area contributed by atoms with Crippen molar-refractivity contribution in [2.45, 2.75) is 31.8 Å². The van der Waals surface area contributed by atoms with E-state index in [0.717, 1.165) is 24.2 Å². The molecule has 0 aliphatic carbocycles. The van der Waals surface area contributed by atoms with Crippen LogP contribution < -0.4 is 15.8 Å². The number of nitrogens with two attached hydrogens (primary N) is 1. The molecule has 4 nitrogen and oxygen atoms in total. The number of benzene rings is 1. The van der Waals surface area contributed by atoms with Gasteiger partial charge in [0.05, 0.1) is 18.7 Å². The first-order valence-electron chi connectivity index (χ1n) is 6.52. The van der Waals surface area contributed by atoms with Crippen LogP contribution in [0.1, 0.15) is 31.4 Å². The maximum absolute atomic E-state index is 5.92. The molecule has 0 aromatic heterocycles. The summed E-state index contributed by atoms with van der Waals surface area (Å²) in [6.07, 6.45) is 7.04. The second-order valence-corrected chi connectivity index (χ2v) is 4.48. The van der Waals surface area contributed by atoms with E-state index < -0.39 is 0 Å². The number of rotatable bonds is 3. The molecule has 0 amide bonds. The lowest BCUT2D eigenvalue weighted by Crippen LogP contribution is -2.39. The number of nitrogens with zero attached hydrogens (tertiary/aromatic N) is 1. The van der Waals surface area contributed by atoms with Crippen LogP contribution in [0.25, 0.3) is 0 Å². The van der Waals surface area contributed by atoms with Crippen molar-refractivity contribution in [1.82, 2.24) is 5.32 Å². The van der Waals surface area contributed by atoms with Gasteiger partial charge in [-0.25, -0.2) is 4.99 Å². The van der Waals surface area contributed by atoms with Gasteiger partial charge in [-0.3, -0.25) is 0 Å². The summed E-state index contributed by atoms with van der Waals surface area (Å²) < 4.78 is 5.60. The molecule has 0 bridgehead atoms. The normalized spacial score (nSPS) is 18.8. The summed E-state index contributed by atoms with van der Waals surface area (Å²) in [5.74, 6) is 3.93. The molecule has 0 saturated carbocycles. The highest BCUT2D eigenvalue weighted by molar-refractivity contribution is 14.0. The largest absolute Gasteiger partial charge is 0.493 e. The highest BCUT2D eigenvalue weighted by Gasteiger charge is 2.20. The van der Waals surface area contributed by atoms with Gasteiger partial charge < -0.3 is 15.8 Å². The highest BCUT2D eigenvalue weighted by atomic mass is 127. The summed E-state index contributed by atoms with van der Waals surface area (Å²) in [5, 5.41) is 3.05. The predicted octanol–water partition coefficient (Wildman–Crippen LogP) is 2.44. The molecule has 5 heteroatoms. The number of aliphatic imine (C=N–C) groups is 1. The number of nitrogens with one attached hydrogen (secondary N) is 1. The van der Waals surface area contributed by atoms with E-state index in [0.29, 0.717) is 12.6 Å². The van der Waals surface area contributed by atoms with Gasteiger partial charge in [-0.05, 0) is 12.5 Å². The Hall–Kier alpha value is -1.42. The average Bonchev–Trinajstić information content (AvgIpc) is 2.45. The Labute approximate surface area is 137 Å². The number of para-hydroxylation sites is 1. The molecule has 108 valence electrons. The van der Waals surface area contributed by atoms with Crippen LogP contribution in [-0.2, 0) is 0 Å². The van der Waals surface area contributed by atoms with Gasteiger partial charge in [0.1, 0.15) is 5.75 Å². The molecule has 3 N–H and O–H groups in total. The van der Waals surface area contributed by atoms with Crippen LogP contribution in [0.2, 0.25) is 0 Å². The van der Waals surface area contributed by atoms with Crippen LogP contribution in [0, 0.1) is 12.3 Å². The van der Waals surface area contributed by atoms with Crippen LogP contribution in [-0.4, -0.2) is 18.6 Å². The van der Waals surface area contributed by atoms with Crippen LogP contribution in [0.5, 0.6) is 5.75 Å². The second kappa shape index (κ2) is 8.00. The fourth-order valence-corrected chi connectivity index (χ4v) is 2.10. The number of terminal acetylenes is 1. The second-order valence-electron chi connectivity index (χ2n) is 4.48. The number of hydrogen-bond acceptors (Lipinski definition) is 2. The predicted molar refractivity (Wildman–Crippen MR) is 92.4 cm³/mol. The molecule has 0 radical (unpaired) electrons. The van der Waals surface area contributed by atoms with Crippen molar-refractivity contribution >= 4 is 29.9 Å². The average molecular weight is 385 g/mol. The maximum atomic E-state index is 5.92. The Morgan fingerprint density at radius 1 is 1.60 bits per heavy atom. The monoisotopic (exact) mass is 385 g/mol. The van der Waals surface area contributed by atoms with Crippen LogP contribution in [0.4, 0.5) is 0 Å². The summed E-state index contributed by atoms with van der Waals surface area (Å²) in [4.78, 5) is 4.52. The molecule has 2 rings (SSSR count). The molecule has 0 fully saturated rings. The first-order valence-corrected chi connectivity index (χ1v) is 6.52. The Morgan fingerprint density at radius 2 is 2.35 bits per heavy atom. The van der Waals surface area contributed by atoms with Crippen molar-refractivity contribution in [1.29, 1.82) is 0 Å². The third kappa shape index (κ3) is 4.04. The lowest BCUT2D eigenvalue weighted by molar-refractivity contribution is 0.269. The van der Waals surface area contributed by atoms with Crippen molar-refractivity contribution in [2.75, 3.05) is 6.61 Å². The van der Waals surface area contributed by atoms with Gasteiger partial charge in [-0.15, -0.1) is 30.4 Å². The van der Waals surface area contributed by atoms with Gasteiger partial charge in [-0.1, -0.05) is 31.0 Å². The number of halogens is 1. The molecule has 0 saturated heterocycles. The molecule has 1 aromatic rings. The standard InChI is InChI=1S/C15H19N3O.HI/c1-3-11(4-2)17-15(16)18-13-9-10-19-14-8-6-5-7-12(13)14;/h1,5-8,11,13H,4,9-10H2,2H3,(H3,16,17,18);1H. The Balaban J connectivity index is 0.00000200. The third-order valence-corrected chi connectivity index (χ3v) is 3.15. The molecular weight excluding hydrogens is 365 g/mol. The van der Waals surface area contributed by atoms with Gasteiger partial charge in [0.2, 0.25) is 0 Å². The number of guanidine groups is 1. The smallest absolute Gasteiger partial charge is 0.190 e. The maximum Gasteiger partial charge on any atom is 0.190 e. The van der Waals surface area contributed by atoms with Crippen LogP contribution >= 0.6 is 24.0 Å². The van der Waals surface area contributed by atoms with Crippen molar-refractivity contribution in [2.24, 2.45) is 10.7 Å². The topological polar surface area (TPSA) is 59.6 Å². The molecule has 1 aliphatic heterocycles. The zero-order valence-corrected chi connectivity index (χ0v) is 13.8. The fraction of sp³-hybridized carbons (Fsp3) is 0.400. The lowest BCUT2D eigenvalue weighted by atomic mass is 10.0. The number of fused-ring (bicyclic) bond motifs is 1. The molecular formula is C15H20IN3O. The molecule has 2 atom stereocenters. The summed E-state index contributed by atoms with van der Waals surface area (Å²) in [5.41, 5.74) is 6.99.